The van der Waals surface area contributed by atoms with Crippen molar-refractivity contribution < 1.29 is 4.79 Å². The molecule has 1 amide bonds. The van der Waals surface area contributed by atoms with Crippen LogP contribution in [0.5, 0.6) is 0 Å². The highest BCUT2D eigenvalue weighted by Crippen LogP contribution is 2.23. The standard InChI is InChI=1S/C14H14N2OS/c1-15-13(17)12-8-5-9-16-14(12)18-10-11-6-3-2-4-7-11/h2-9H,10H2,1H3,(H,15,17). The van der Waals surface area contributed by atoms with E-state index in [1.165, 1.54) is 5.56 Å². The Balaban J connectivity index is 2.12. The smallest absolute Gasteiger partial charge is 0.253 e. The summed E-state index contributed by atoms with van der Waals surface area (Å²) >= 11 is 1.57. The number of benzene rings is 1. The van der Waals surface area contributed by atoms with Crippen molar-refractivity contribution in [3.05, 3.63) is 59.8 Å². The van der Waals surface area contributed by atoms with Crippen molar-refractivity contribution in [2.75, 3.05) is 7.05 Å². The minimum atomic E-state index is -0.0985. The number of aromatic nitrogens is 1. The minimum absolute atomic E-state index is 0.0985. The Labute approximate surface area is 111 Å². The summed E-state index contributed by atoms with van der Waals surface area (Å²) in [7, 11) is 1.63. The molecule has 0 fully saturated rings. The SMILES string of the molecule is CNC(=O)c1cccnc1SCc1ccccc1. The van der Waals surface area contributed by atoms with Gasteiger partial charge < -0.3 is 5.32 Å². The first-order valence-corrected chi connectivity index (χ1v) is 6.63. The third kappa shape index (κ3) is 3.11. The molecule has 1 aromatic carbocycles. The molecular formula is C14H14N2OS. The molecular weight excluding hydrogens is 244 g/mol. The third-order valence-corrected chi connectivity index (χ3v) is 3.54. The summed E-state index contributed by atoms with van der Waals surface area (Å²) in [6.45, 7) is 0. The Hall–Kier alpha value is -1.81. The van der Waals surface area contributed by atoms with Crippen molar-refractivity contribution in [1.82, 2.24) is 10.3 Å². The number of hydrogen-bond acceptors (Lipinski definition) is 3. The number of carbonyl (C=O) groups excluding carboxylic acids is 1. The van der Waals surface area contributed by atoms with Crippen LogP contribution in [-0.4, -0.2) is 17.9 Å². The van der Waals surface area contributed by atoms with Crippen molar-refractivity contribution in [2.45, 2.75) is 10.8 Å². The zero-order valence-electron chi connectivity index (χ0n) is 10.1. The molecule has 0 saturated carbocycles. The van der Waals surface area contributed by atoms with Crippen LogP contribution in [0.3, 0.4) is 0 Å². The lowest BCUT2D eigenvalue weighted by Crippen LogP contribution is -2.18. The average molecular weight is 258 g/mol. The first-order chi connectivity index (χ1) is 8.81. The molecule has 0 spiro atoms. The van der Waals surface area contributed by atoms with Gasteiger partial charge in [-0.2, -0.15) is 0 Å². The summed E-state index contributed by atoms with van der Waals surface area (Å²) < 4.78 is 0. The molecule has 4 heteroatoms. The largest absolute Gasteiger partial charge is 0.355 e. The Morgan fingerprint density at radius 3 is 2.72 bits per heavy atom. The number of amides is 1. The van der Waals surface area contributed by atoms with Crippen LogP contribution in [0, 0.1) is 0 Å². The molecule has 0 bridgehead atoms. The van der Waals surface area contributed by atoms with Crippen molar-refractivity contribution in [2.24, 2.45) is 0 Å². The number of nitrogens with zero attached hydrogens (tertiary/aromatic N) is 1. The van der Waals surface area contributed by atoms with E-state index in [1.807, 2.05) is 18.2 Å². The fourth-order valence-corrected chi connectivity index (χ4v) is 2.49. The number of nitrogens with one attached hydrogen (secondary N) is 1. The van der Waals surface area contributed by atoms with Gasteiger partial charge in [-0.15, -0.1) is 11.8 Å². The second-order valence-electron chi connectivity index (χ2n) is 3.71. The quantitative estimate of drug-likeness (QED) is 0.857. The normalized spacial score (nSPS) is 10.1. The van der Waals surface area contributed by atoms with Crippen LogP contribution in [0.1, 0.15) is 15.9 Å². The molecule has 0 aliphatic heterocycles. The lowest BCUT2D eigenvalue weighted by atomic mass is 10.2. The number of hydrogen-bond donors (Lipinski definition) is 1. The van der Waals surface area contributed by atoms with Gasteiger partial charge in [0, 0.05) is 19.0 Å². The van der Waals surface area contributed by atoms with Gasteiger partial charge in [0.05, 0.1) is 5.56 Å². The molecule has 18 heavy (non-hydrogen) atoms. The Morgan fingerprint density at radius 2 is 2.00 bits per heavy atom. The molecule has 0 atom stereocenters. The summed E-state index contributed by atoms with van der Waals surface area (Å²) in [6, 6.07) is 13.7. The van der Waals surface area contributed by atoms with Crippen LogP contribution in [0.25, 0.3) is 0 Å². The molecule has 0 unspecified atom stereocenters. The van der Waals surface area contributed by atoms with E-state index in [2.05, 4.69) is 22.4 Å². The molecule has 3 nitrogen and oxygen atoms in total. The van der Waals surface area contributed by atoms with Gasteiger partial charge in [-0.25, -0.2) is 4.98 Å². The topological polar surface area (TPSA) is 42.0 Å². The predicted octanol–water partition coefficient (Wildman–Crippen LogP) is 2.73. The molecule has 1 aromatic heterocycles. The molecule has 92 valence electrons. The number of carbonyl (C=O) groups is 1. The second-order valence-corrected chi connectivity index (χ2v) is 4.67. The second kappa shape index (κ2) is 6.21. The molecule has 2 rings (SSSR count). The van der Waals surface area contributed by atoms with E-state index in [0.717, 1.165) is 10.8 Å². The lowest BCUT2D eigenvalue weighted by molar-refractivity contribution is 0.0959. The van der Waals surface area contributed by atoms with Crippen molar-refractivity contribution in [3.8, 4) is 0 Å². The first kappa shape index (κ1) is 12.6. The van der Waals surface area contributed by atoms with Crippen molar-refractivity contribution >= 4 is 17.7 Å². The minimum Gasteiger partial charge on any atom is -0.355 e. The van der Waals surface area contributed by atoms with Gasteiger partial charge in [-0.1, -0.05) is 30.3 Å². The summed E-state index contributed by atoms with van der Waals surface area (Å²) in [5.41, 5.74) is 1.84. The Morgan fingerprint density at radius 1 is 1.22 bits per heavy atom. The van der Waals surface area contributed by atoms with E-state index < -0.39 is 0 Å². The predicted molar refractivity (Wildman–Crippen MR) is 73.6 cm³/mol. The maximum absolute atomic E-state index is 11.7. The van der Waals surface area contributed by atoms with E-state index in [1.54, 1.807) is 37.1 Å². The lowest BCUT2D eigenvalue weighted by Gasteiger charge is -2.06. The van der Waals surface area contributed by atoms with Gasteiger partial charge >= 0.3 is 0 Å². The number of pyridine rings is 1. The van der Waals surface area contributed by atoms with Crippen LogP contribution in [0.15, 0.2) is 53.7 Å². The van der Waals surface area contributed by atoms with Crippen LogP contribution < -0.4 is 5.32 Å². The van der Waals surface area contributed by atoms with Crippen molar-refractivity contribution in [1.29, 1.82) is 0 Å². The highest BCUT2D eigenvalue weighted by atomic mass is 32.2. The summed E-state index contributed by atoms with van der Waals surface area (Å²) in [6.07, 6.45) is 1.71. The highest BCUT2D eigenvalue weighted by molar-refractivity contribution is 7.98. The van der Waals surface area contributed by atoms with E-state index in [9.17, 15) is 4.79 Å². The average Bonchev–Trinajstić information content (AvgIpc) is 2.45. The van der Waals surface area contributed by atoms with Gasteiger partial charge in [0.15, 0.2) is 0 Å². The van der Waals surface area contributed by atoms with Crippen molar-refractivity contribution in [3.63, 3.8) is 0 Å². The molecule has 0 aliphatic carbocycles. The Bertz CT molecular complexity index is 528. The van der Waals surface area contributed by atoms with Gasteiger partial charge in [-0.3, -0.25) is 4.79 Å². The fourth-order valence-electron chi connectivity index (χ4n) is 1.54. The maximum Gasteiger partial charge on any atom is 0.253 e. The molecule has 0 aliphatic rings. The zero-order valence-corrected chi connectivity index (χ0v) is 10.9. The molecule has 0 saturated heterocycles. The monoisotopic (exact) mass is 258 g/mol. The van der Waals surface area contributed by atoms with E-state index >= 15 is 0 Å². The van der Waals surface area contributed by atoms with Gasteiger partial charge in [-0.05, 0) is 17.7 Å². The third-order valence-electron chi connectivity index (χ3n) is 2.46. The zero-order chi connectivity index (χ0) is 12.8. The number of rotatable bonds is 4. The van der Waals surface area contributed by atoms with E-state index in [4.69, 9.17) is 0 Å². The van der Waals surface area contributed by atoms with Gasteiger partial charge in [0.1, 0.15) is 5.03 Å². The van der Waals surface area contributed by atoms with Crippen LogP contribution in [0.2, 0.25) is 0 Å². The maximum atomic E-state index is 11.7. The van der Waals surface area contributed by atoms with Crippen LogP contribution in [0.4, 0.5) is 0 Å². The van der Waals surface area contributed by atoms with Crippen LogP contribution >= 0.6 is 11.8 Å². The summed E-state index contributed by atoms with van der Waals surface area (Å²) in [5.74, 6) is 0.709. The highest BCUT2D eigenvalue weighted by Gasteiger charge is 2.10. The summed E-state index contributed by atoms with van der Waals surface area (Å²) in [4.78, 5) is 15.9. The van der Waals surface area contributed by atoms with Gasteiger partial charge in [0.25, 0.3) is 5.91 Å². The van der Waals surface area contributed by atoms with E-state index in [0.29, 0.717) is 5.56 Å². The molecule has 1 N–H and O–H groups in total. The molecule has 1 heterocycles. The molecule has 2 aromatic rings. The Kier molecular flexibility index (Phi) is 4.36. The van der Waals surface area contributed by atoms with Crippen LogP contribution in [-0.2, 0) is 5.75 Å². The summed E-state index contributed by atoms with van der Waals surface area (Å²) in [5, 5.41) is 3.39. The molecule has 0 radical (unpaired) electrons. The van der Waals surface area contributed by atoms with E-state index in [-0.39, 0.29) is 5.91 Å². The first-order valence-electron chi connectivity index (χ1n) is 5.65. The fraction of sp³-hybridized carbons (Fsp3) is 0.143. The van der Waals surface area contributed by atoms with Gasteiger partial charge in [0.2, 0.25) is 0 Å². The number of thioether (sulfide) groups is 1.